The number of carbonyl (C=O) groups is 1. The average Bonchev–Trinajstić information content (AvgIpc) is 2.73. The van der Waals surface area contributed by atoms with Gasteiger partial charge in [0, 0.05) is 19.6 Å². The molecule has 0 bridgehead atoms. The van der Waals surface area contributed by atoms with Gasteiger partial charge in [-0.3, -0.25) is 9.69 Å². The molecule has 1 heterocycles. The zero-order valence-electron chi connectivity index (χ0n) is 16.4. The second-order valence-electron chi connectivity index (χ2n) is 6.83. The molecule has 2 aromatic rings. The highest BCUT2D eigenvalue weighted by atomic mass is 16.5. The number of amides is 1. The van der Waals surface area contributed by atoms with E-state index in [0.717, 1.165) is 50.8 Å². The van der Waals surface area contributed by atoms with Crippen molar-refractivity contribution in [3.8, 4) is 17.2 Å². The Morgan fingerprint density at radius 3 is 2.29 bits per heavy atom. The highest BCUT2D eigenvalue weighted by molar-refractivity contribution is 5.77. The van der Waals surface area contributed by atoms with Crippen molar-refractivity contribution in [2.24, 2.45) is 0 Å². The van der Waals surface area contributed by atoms with Gasteiger partial charge in [0.25, 0.3) is 5.91 Å². The number of ether oxygens (including phenoxy) is 3. The Balaban J connectivity index is 1.32. The van der Waals surface area contributed by atoms with E-state index in [1.165, 1.54) is 5.56 Å². The summed E-state index contributed by atoms with van der Waals surface area (Å²) in [7, 11) is 0. The van der Waals surface area contributed by atoms with Crippen LogP contribution in [0.2, 0.25) is 0 Å². The van der Waals surface area contributed by atoms with Gasteiger partial charge in [-0.25, -0.2) is 0 Å². The van der Waals surface area contributed by atoms with Crippen molar-refractivity contribution in [2.75, 3.05) is 46.0 Å². The molecule has 1 N–H and O–H groups in total. The second-order valence-corrected chi connectivity index (χ2v) is 6.83. The predicted molar refractivity (Wildman–Crippen MR) is 108 cm³/mol. The zero-order valence-corrected chi connectivity index (χ0v) is 16.4. The molecule has 0 saturated carbocycles. The molecule has 0 aliphatic carbocycles. The van der Waals surface area contributed by atoms with Crippen molar-refractivity contribution >= 4 is 5.91 Å². The monoisotopic (exact) mass is 384 g/mol. The summed E-state index contributed by atoms with van der Waals surface area (Å²) in [6, 6.07) is 15.1. The minimum atomic E-state index is -0.109. The molecule has 3 rings (SSSR count). The maximum absolute atomic E-state index is 11.9. The van der Waals surface area contributed by atoms with E-state index in [1.807, 2.05) is 43.3 Å². The Kier molecular flexibility index (Phi) is 7.70. The number of nitrogens with one attached hydrogen (secondary N) is 1. The molecule has 1 fully saturated rings. The first-order valence-corrected chi connectivity index (χ1v) is 9.73. The van der Waals surface area contributed by atoms with Gasteiger partial charge >= 0.3 is 0 Å². The smallest absolute Gasteiger partial charge is 0.257 e. The molecular formula is C22H28N2O4. The van der Waals surface area contributed by atoms with Crippen LogP contribution in [0.3, 0.4) is 0 Å². The van der Waals surface area contributed by atoms with Gasteiger partial charge < -0.3 is 19.5 Å². The first-order chi connectivity index (χ1) is 13.7. The lowest BCUT2D eigenvalue weighted by molar-refractivity contribution is -0.123. The largest absolute Gasteiger partial charge is 0.484 e. The van der Waals surface area contributed by atoms with Crippen LogP contribution in [-0.4, -0.2) is 56.8 Å². The van der Waals surface area contributed by atoms with Crippen LogP contribution in [-0.2, 0) is 9.53 Å². The maximum atomic E-state index is 11.9. The van der Waals surface area contributed by atoms with Crippen LogP contribution in [0.1, 0.15) is 12.0 Å². The van der Waals surface area contributed by atoms with Crippen LogP contribution in [0.4, 0.5) is 0 Å². The third-order valence-corrected chi connectivity index (χ3v) is 4.53. The van der Waals surface area contributed by atoms with Gasteiger partial charge in [-0.2, -0.15) is 0 Å². The van der Waals surface area contributed by atoms with Crippen molar-refractivity contribution in [1.82, 2.24) is 10.2 Å². The summed E-state index contributed by atoms with van der Waals surface area (Å²) in [5.41, 5.74) is 1.19. The number of morpholine rings is 1. The van der Waals surface area contributed by atoms with Gasteiger partial charge in [-0.05, 0) is 56.3 Å². The van der Waals surface area contributed by atoms with E-state index in [9.17, 15) is 4.79 Å². The normalized spacial score (nSPS) is 14.5. The number of carbonyl (C=O) groups excluding carboxylic acids is 1. The Labute approximate surface area is 166 Å². The molecule has 0 spiro atoms. The minimum Gasteiger partial charge on any atom is -0.484 e. The molecule has 0 atom stereocenters. The van der Waals surface area contributed by atoms with Gasteiger partial charge in [0.05, 0.1) is 13.2 Å². The topological polar surface area (TPSA) is 60.0 Å². The summed E-state index contributed by atoms with van der Waals surface area (Å²) in [4.78, 5) is 14.3. The molecule has 0 aromatic heterocycles. The first-order valence-electron chi connectivity index (χ1n) is 9.73. The van der Waals surface area contributed by atoms with Gasteiger partial charge in [0.2, 0.25) is 0 Å². The summed E-state index contributed by atoms with van der Waals surface area (Å²) in [6.45, 7) is 7.23. The summed E-state index contributed by atoms with van der Waals surface area (Å²) in [5.74, 6) is 2.04. The van der Waals surface area contributed by atoms with Crippen LogP contribution in [0.5, 0.6) is 17.2 Å². The zero-order chi connectivity index (χ0) is 19.6. The SMILES string of the molecule is Cc1ccc(Oc2ccc(OCC(=O)NCCCN3CCOCC3)cc2)cc1. The highest BCUT2D eigenvalue weighted by Crippen LogP contribution is 2.24. The Morgan fingerprint density at radius 2 is 1.61 bits per heavy atom. The fourth-order valence-corrected chi connectivity index (χ4v) is 2.90. The molecule has 6 nitrogen and oxygen atoms in total. The number of benzene rings is 2. The average molecular weight is 384 g/mol. The Morgan fingerprint density at radius 1 is 1.00 bits per heavy atom. The molecule has 1 amide bonds. The fourth-order valence-electron chi connectivity index (χ4n) is 2.90. The molecule has 0 radical (unpaired) electrons. The van der Waals surface area contributed by atoms with Crippen molar-refractivity contribution in [3.63, 3.8) is 0 Å². The Hall–Kier alpha value is -2.57. The minimum absolute atomic E-state index is 0.00964. The van der Waals surface area contributed by atoms with E-state index >= 15 is 0 Å². The fraction of sp³-hybridized carbons (Fsp3) is 0.409. The summed E-state index contributed by atoms with van der Waals surface area (Å²) >= 11 is 0. The number of aryl methyl sites for hydroxylation is 1. The van der Waals surface area contributed by atoms with Crippen LogP contribution in [0.25, 0.3) is 0 Å². The number of hydrogen-bond donors (Lipinski definition) is 1. The standard InChI is InChI=1S/C22H28N2O4/c1-18-3-5-20(6-4-18)28-21-9-7-19(8-10-21)27-17-22(25)23-11-2-12-24-13-15-26-16-14-24/h3-10H,2,11-17H2,1H3,(H,23,25). The maximum Gasteiger partial charge on any atom is 0.257 e. The molecular weight excluding hydrogens is 356 g/mol. The molecule has 2 aromatic carbocycles. The number of nitrogens with zero attached hydrogens (tertiary/aromatic N) is 1. The van der Waals surface area contributed by atoms with Crippen molar-refractivity contribution < 1.29 is 19.0 Å². The molecule has 0 unspecified atom stereocenters. The van der Waals surface area contributed by atoms with Crippen LogP contribution < -0.4 is 14.8 Å². The lowest BCUT2D eigenvalue weighted by Crippen LogP contribution is -2.38. The number of hydrogen-bond acceptors (Lipinski definition) is 5. The van der Waals surface area contributed by atoms with Gasteiger partial charge in [-0.1, -0.05) is 17.7 Å². The third-order valence-electron chi connectivity index (χ3n) is 4.53. The molecule has 28 heavy (non-hydrogen) atoms. The third kappa shape index (κ3) is 6.87. The Bertz CT molecular complexity index is 725. The highest BCUT2D eigenvalue weighted by Gasteiger charge is 2.09. The van der Waals surface area contributed by atoms with Gasteiger partial charge in [0.1, 0.15) is 17.2 Å². The van der Waals surface area contributed by atoms with E-state index in [4.69, 9.17) is 14.2 Å². The summed E-state index contributed by atoms with van der Waals surface area (Å²) < 4.78 is 16.6. The predicted octanol–water partition coefficient (Wildman–Crippen LogP) is 3.00. The van der Waals surface area contributed by atoms with Gasteiger partial charge in [0.15, 0.2) is 6.61 Å². The molecule has 1 saturated heterocycles. The van der Waals surface area contributed by atoms with E-state index in [-0.39, 0.29) is 12.5 Å². The first kappa shape index (κ1) is 20.2. The van der Waals surface area contributed by atoms with Crippen LogP contribution >= 0.6 is 0 Å². The van der Waals surface area contributed by atoms with Crippen LogP contribution in [0.15, 0.2) is 48.5 Å². The number of rotatable bonds is 9. The van der Waals surface area contributed by atoms with E-state index in [0.29, 0.717) is 12.3 Å². The summed E-state index contributed by atoms with van der Waals surface area (Å²) in [6.07, 6.45) is 0.927. The lowest BCUT2D eigenvalue weighted by atomic mass is 10.2. The van der Waals surface area contributed by atoms with Crippen molar-refractivity contribution in [2.45, 2.75) is 13.3 Å². The molecule has 1 aliphatic rings. The van der Waals surface area contributed by atoms with Crippen molar-refractivity contribution in [3.05, 3.63) is 54.1 Å². The van der Waals surface area contributed by atoms with Crippen molar-refractivity contribution in [1.29, 1.82) is 0 Å². The molecule has 1 aliphatic heterocycles. The van der Waals surface area contributed by atoms with E-state index in [2.05, 4.69) is 10.2 Å². The van der Waals surface area contributed by atoms with E-state index < -0.39 is 0 Å². The summed E-state index contributed by atoms with van der Waals surface area (Å²) in [5, 5.41) is 2.89. The molecule has 6 heteroatoms. The van der Waals surface area contributed by atoms with E-state index in [1.54, 1.807) is 12.1 Å². The van der Waals surface area contributed by atoms with Gasteiger partial charge in [-0.15, -0.1) is 0 Å². The second kappa shape index (κ2) is 10.7. The van der Waals surface area contributed by atoms with Crippen LogP contribution in [0, 0.1) is 6.92 Å². The lowest BCUT2D eigenvalue weighted by Gasteiger charge is -2.26. The quantitative estimate of drug-likeness (QED) is 0.674. The molecule has 150 valence electrons.